The molecule has 2 N–H and O–H groups in total. The summed E-state index contributed by atoms with van der Waals surface area (Å²) in [7, 11) is 1.72. The van der Waals surface area contributed by atoms with E-state index in [1.165, 1.54) is 24.4 Å². The van der Waals surface area contributed by atoms with Crippen LogP contribution in [-0.2, 0) is 11.4 Å². The van der Waals surface area contributed by atoms with Gasteiger partial charge in [0.2, 0.25) is 0 Å². The molecule has 4 aliphatic rings. The molecule has 48 heavy (non-hydrogen) atoms. The molecule has 1 aromatic heterocycles. The number of fused-ring (bicyclic) bond motifs is 4. The zero-order valence-electron chi connectivity index (χ0n) is 27.1. The minimum Gasteiger partial charge on any atom is -0.508 e. The topological polar surface area (TPSA) is 95.3 Å². The number of ether oxygens (including phenoxy) is 2. The molecule has 250 valence electrons. The van der Waals surface area contributed by atoms with Crippen LogP contribution < -0.4 is 15.0 Å². The molecule has 0 saturated carbocycles. The van der Waals surface area contributed by atoms with Crippen LogP contribution in [0, 0.1) is 18.2 Å². The maximum absolute atomic E-state index is 14.9. The van der Waals surface area contributed by atoms with E-state index >= 15 is 0 Å². The number of hydrogen-bond acceptors (Lipinski definition) is 9. The van der Waals surface area contributed by atoms with Crippen LogP contribution in [0.1, 0.15) is 54.5 Å². The van der Waals surface area contributed by atoms with Crippen LogP contribution >= 0.6 is 0 Å². The number of piperazine rings is 1. The largest absolute Gasteiger partial charge is 0.508 e. The number of rotatable bonds is 10. The Balaban J connectivity index is 1.24. The minimum absolute atomic E-state index is 0.0461. The van der Waals surface area contributed by atoms with Crippen molar-refractivity contribution in [2.45, 2.75) is 62.4 Å². The van der Waals surface area contributed by atoms with E-state index in [2.05, 4.69) is 44.2 Å². The summed E-state index contributed by atoms with van der Waals surface area (Å²) in [6, 6.07) is 6.75. The van der Waals surface area contributed by atoms with Gasteiger partial charge in [0.05, 0.1) is 34.7 Å². The predicted octanol–water partition coefficient (Wildman–Crippen LogP) is 5.14. The monoisotopic (exact) mass is 654 g/mol. The van der Waals surface area contributed by atoms with E-state index in [4.69, 9.17) is 20.9 Å². The van der Waals surface area contributed by atoms with Gasteiger partial charge in [0, 0.05) is 62.0 Å². The van der Waals surface area contributed by atoms with Gasteiger partial charge in [-0.15, -0.1) is 6.42 Å². The number of phenols is 1. The molecule has 4 unspecified atom stereocenters. The average molecular weight is 655 g/mol. The Hall–Kier alpha value is -4.37. The average Bonchev–Trinajstić information content (AvgIpc) is 3.71. The van der Waals surface area contributed by atoms with Crippen molar-refractivity contribution < 1.29 is 23.4 Å². The smallest absolute Gasteiger partial charge is 0.318 e. The number of halogens is 2. The highest BCUT2D eigenvalue weighted by Gasteiger charge is 2.51. The van der Waals surface area contributed by atoms with E-state index < -0.39 is 12.5 Å². The predicted molar refractivity (Wildman–Crippen MR) is 183 cm³/mol. The van der Waals surface area contributed by atoms with Gasteiger partial charge in [-0.05, 0) is 55.7 Å². The molecule has 3 aromatic rings. The number of nitrogens with zero attached hydrogens (tertiary/aromatic N) is 5. The van der Waals surface area contributed by atoms with Crippen molar-refractivity contribution in [3.05, 3.63) is 71.2 Å². The summed E-state index contributed by atoms with van der Waals surface area (Å²) in [6.07, 6.45) is 12.0. The number of alkyl halides is 1. The summed E-state index contributed by atoms with van der Waals surface area (Å²) < 4.78 is 41.5. The van der Waals surface area contributed by atoms with E-state index in [1.807, 2.05) is 0 Å². The van der Waals surface area contributed by atoms with Crippen LogP contribution in [0.25, 0.3) is 16.5 Å². The van der Waals surface area contributed by atoms with Crippen LogP contribution in [0.5, 0.6) is 11.8 Å². The Morgan fingerprint density at radius 2 is 2.04 bits per heavy atom. The van der Waals surface area contributed by atoms with Gasteiger partial charge in [-0.1, -0.05) is 30.7 Å². The number of nitrogens with one attached hydrogen (secondary N) is 1. The molecule has 4 fully saturated rings. The Bertz CT molecular complexity index is 1840. The summed E-state index contributed by atoms with van der Waals surface area (Å²) in [6.45, 7) is 10.7. The molecular formula is C37H40F2N6O3. The number of phenolic OH excluding ortho intramolecular Hbond substituents is 1. The second-order valence-corrected chi connectivity index (χ2v) is 13.4. The van der Waals surface area contributed by atoms with Gasteiger partial charge in [0.25, 0.3) is 0 Å². The van der Waals surface area contributed by atoms with Gasteiger partial charge in [-0.2, -0.15) is 9.97 Å². The van der Waals surface area contributed by atoms with E-state index in [1.54, 1.807) is 13.2 Å². The maximum Gasteiger partial charge on any atom is 0.318 e. The number of hydrogen-bond donors (Lipinski definition) is 2. The van der Waals surface area contributed by atoms with Crippen LogP contribution in [-0.4, -0.2) is 89.8 Å². The SMILES string of the molecule is C#Cc1c(F)ccc2cc(O)cc(C(=C)N=Cc3c(CF)nc(OCC45CCC(COC)N4CC(=C)C5)nc3N3CC4CCC(C3)N4)c12. The summed E-state index contributed by atoms with van der Waals surface area (Å²) in [5.41, 5.74) is 2.10. The molecule has 11 heteroatoms. The van der Waals surface area contributed by atoms with E-state index in [0.717, 1.165) is 44.2 Å². The standard InChI is InChI=1S/C37H40F2N6O3/c1-5-29-32(39)9-6-24-12-28(46)13-30(34(24)29)23(3)40-16-31-33(15-38)42-36(43-35(31)44-18-25-7-8-26(19-44)41-25)48-21-37-11-10-27(20-47-4)45(37)17-22(2)14-37/h1,6,9,12-13,16,25-27,41,46H,2-3,7-8,10-11,14-15,17-21H2,4H3. The minimum atomic E-state index is -0.871. The molecule has 2 bridgehead atoms. The third-order valence-electron chi connectivity index (χ3n) is 10.3. The van der Waals surface area contributed by atoms with Crippen LogP contribution in [0.4, 0.5) is 14.6 Å². The molecule has 4 aliphatic heterocycles. The first kappa shape index (κ1) is 32.2. The highest BCUT2D eigenvalue weighted by Crippen LogP contribution is 2.44. The number of benzene rings is 2. The molecule has 2 aromatic carbocycles. The van der Waals surface area contributed by atoms with Gasteiger partial charge < -0.3 is 24.8 Å². The van der Waals surface area contributed by atoms with Crippen LogP contribution in [0.3, 0.4) is 0 Å². The van der Waals surface area contributed by atoms with Gasteiger partial charge in [-0.3, -0.25) is 9.89 Å². The molecule has 0 aliphatic carbocycles. The molecule has 4 saturated heterocycles. The molecule has 0 amide bonds. The lowest BCUT2D eigenvalue weighted by Gasteiger charge is -2.35. The summed E-state index contributed by atoms with van der Waals surface area (Å²) >= 11 is 0. The fraction of sp³-hybridized carbons (Fsp3) is 0.432. The first-order valence-electron chi connectivity index (χ1n) is 16.4. The number of aliphatic imine (C=N–C) groups is 1. The lowest BCUT2D eigenvalue weighted by atomic mass is 9.94. The number of anilines is 1. The van der Waals surface area contributed by atoms with E-state index in [9.17, 15) is 13.9 Å². The summed E-state index contributed by atoms with van der Waals surface area (Å²) in [5.74, 6) is 2.34. The number of terminal acetylenes is 1. The normalized spacial score (nSPS) is 25.2. The second kappa shape index (κ2) is 12.9. The Morgan fingerprint density at radius 1 is 1.25 bits per heavy atom. The van der Waals surface area contributed by atoms with Crippen molar-refractivity contribution in [3.8, 4) is 24.1 Å². The molecule has 7 rings (SSSR count). The molecule has 0 radical (unpaired) electrons. The highest BCUT2D eigenvalue weighted by molar-refractivity contribution is 6.00. The Morgan fingerprint density at radius 3 is 2.77 bits per heavy atom. The lowest BCUT2D eigenvalue weighted by molar-refractivity contribution is 0.0520. The molecule has 5 heterocycles. The lowest BCUT2D eigenvalue weighted by Crippen LogP contribution is -2.51. The fourth-order valence-corrected chi connectivity index (χ4v) is 8.14. The number of aromatic nitrogens is 2. The number of methoxy groups -OCH3 is 1. The molecule has 0 spiro atoms. The van der Waals surface area contributed by atoms with Crippen molar-refractivity contribution in [1.82, 2.24) is 20.2 Å². The van der Waals surface area contributed by atoms with Crippen molar-refractivity contribution >= 4 is 28.5 Å². The fourth-order valence-electron chi connectivity index (χ4n) is 8.14. The molecular weight excluding hydrogens is 614 g/mol. The zero-order valence-corrected chi connectivity index (χ0v) is 27.1. The van der Waals surface area contributed by atoms with Crippen LogP contribution in [0.2, 0.25) is 0 Å². The zero-order chi connectivity index (χ0) is 33.6. The third kappa shape index (κ3) is 5.82. The molecule has 9 nitrogen and oxygen atoms in total. The second-order valence-electron chi connectivity index (χ2n) is 13.4. The first-order chi connectivity index (χ1) is 23.2. The van der Waals surface area contributed by atoms with E-state index in [0.29, 0.717) is 66.1 Å². The van der Waals surface area contributed by atoms with Gasteiger partial charge in [0.1, 0.15) is 30.7 Å². The highest BCUT2D eigenvalue weighted by atomic mass is 19.1. The molecule has 4 atom stereocenters. The number of aromatic hydroxyl groups is 1. The Labute approximate surface area is 279 Å². The summed E-state index contributed by atoms with van der Waals surface area (Å²) in [4.78, 5) is 18.6. The van der Waals surface area contributed by atoms with Crippen LogP contribution in [0.15, 0.2) is 48.0 Å². The van der Waals surface area contributed by atoms with Crippen molar-refractivity contribution in [2.75, 3.05) is 44.9 Å². The van der Waals surface area contributed by atoms with Crippen molar-refractivity contribution in [3.63, 3.8) is 0 Å². The van der Waals surface area contributed by atoms with E-state index in [-0.39, 0.29) is 40.3 Å². The Kier molecular flexibility index (Phi) is 8.66. The quantitative estimate of drug-likeness (QED) is 0.176. The third-order valence-corrected chi connectivity index (χ3v) is 10.3. The first-order valence-corrected chi connectivity index (χ1v) is 16.4. The maximum atomic E-state index is 14.9. The van der Waals surface area contributed by atoms with Gasteiger partial charge in [0.15, 0.2) is 0 Å². The van der Waals surface area contributed by atoms with Crippen molar-refractivity contribution in [1.29, 1.82) is 0 Å². The van der Waals surface area contributed by atoms with Gasteiger partial charge in [-0.25, -0.2) is 8.78 Å². The van der Waals surface area contributed by atoms with Gasteiger partial charge >= 0.3 is 6.01 Å². The summed E-state index contributed by atoms with van der Waals surface area (Å²) in [5, 5.41) is 15.0. The van der Waals surface area contributed by atoms with Crippen molar-refractivity contribution in [2.24, 2.45) is 4.99 Å².